The third-order valence-electron chi connectivity index (χ3n) is 3.29. The van der Waals surface area contributed by atoms with Crippen LogP contribution in [0.1, 0.15) is 40.0 Å². The van der Waals surface area contributed by atoms with E-state index in [-0.39, 0.29) is 0 Å². The summed E-state index contributed by atoms with van der Waals surface area (Å²) >= 11 is 0. The summed E-state index contributed by atoms with van der Waals surface area (Å²) in [5.74, 6) is 2.05. The van der Waals surface area contributed by atoms with Crippen molar-refractivity contribution in [1.29, 1.82) is 0 Å². The Labute approximate surface area is 121 Å². The third kappa shape index (κ3) is 3.95. The quantitative estimate of drug-likeness (QED) is 0.788. The van der Waals surface area contributed by atoms with Crippen LogP contribution in [0.15, 0.2) is 0 Å². The number of hydrogen-bond donors (Lipinski definition) is 1. The van der Waals surface area contributed by atoms with Gasteiger partial charge in [0.05, 0.1) is 6.61 Å². The number of rotatable bonds is 8. The predicted octanol–water partition coefficient (Wildman–Crippen LogP) is 2.33. The highest BCUT2D eigenvalue weighted by Gasteiger charge is 2.27. The fraction of sp³-hybridized carbons (Fsp3) is 0.786. The molecule has 2 rings (SSSR count). The third-order valence-corrected chi connectivity index (χ3v) is 3.29. The topological polar surface area (TPSA) is 63.2 Å². The SMILES string of the molecule is CCCOc1nc(NC)nc(N(CC2CC2)C(C)C)n1. The largest absolute Gasteiger partial charge is 0.463 e. The normalized spacial score (nSPS) is 14.4. The van der Waals surface area contributed by atoms with E-state index in [0.717, 1.165) is 18.9 Å². The number of nitrogens with zero attached hydrogens (tertiary/aromatic N) is 4. The summed E-state index contributed by atoms with van der Waals surface area (Å²) in [5, 5.41) is 2.98. The predicted molar refractivity (Wildman–Crippen MR) is 80.4 cm³/mol. The highest BCUT2D eigenvalue weighted by atomic mass is 16.5. The first kappa shape index (κ1) is 14.8. The second kappa shape index (κ2) is 6.72. The molecule has 0 amide bonds. The Hall–Kier alpha value is -1.59. The van der Waals surface area contributed by atoms with Crippen molar-refractivity contribution in [2.45, 2.75) is 46.1 Å². The molecule has 0 atom stereocenters. The Morgan fingerprint density at radius 3 is 2.60 bits per heavy atom. The molecule has 0 unspecified atom stereocenters. The molecule has 0 saturated heterocycles. The monoisotopic (exact) mass is 279 g/mol. The van der Waals surface area contributed by atoms with Crippen molar-refractivity contribution in [2.24, 2.45) is 5.92 Å². The molecule has 20 heavy (non-hydrogen) atoms. The van der Waals surface area contributed by atoms with Gasteiger partial charge in [0.2, 0.25) is 11.9 Å². The molecular weight excluding hydrogens is 254 g/mol. The zero-order valence-electron chi connectivity index (χ0n) is 12.9. The lowest BCUT2D eigenvalue weighted by Crippen LogP contribution is -2.34. The molecule has 112 valence electrons. The van der Waals surface area contributed by atoms with Crippen molar-refractivity contribution >= 4 is 11.9 Å². The van der Waals surface area contributed by atoms with Crippen LogP contribution in [0.2, 0.25) is 0 Å². The summed E-state index contributed by atoms with van der Waals surface area (Å²) in [4.78, 5) is 15.4. The minimum Gasteiger partial charge on any atom is -0.463 e. The van der Waals surface area contributed by atoms with E-state index >= 15 is 0 Å². The van der Waals surface area contributed by atoms with E-state index in [4.69, 9.17) is 4.74 Å². The Bertz CT molecular complexity index is 434. The van der Waals surface area contributed by atoms with Gasteiger partial charge in [-0.25, -0.2) is 0 Å². The average Bonchev–Trinajstić information content (AvgIpc) is 3.25. The van der Waals surface area contributed by atoms with E-state index in [1.165, 1.54) is 12.8 Å². The second-order valence-corrected chi connectivity index (χ2v) is 5.53. The van der Waals surface area contributed by atoms with E-state index in [9.17, 15) is 0 Å². The van der Waals surface area contributed by atoms with Crippen LogP contribution in [0.4, 0.5) is 11.9 Å². The molecule has 1 heterocycles. The molecule has 0 aliphatic heterocycles. The Kier molecular flexibility index (Phi) is 4.98. The lowest BCUT2D eigenvalue weighted by molar-refractivity contribution is 0.291. The maximum absolute atomic E-state index is 5.56. The average molecular weight is 279 g/mol. The molecule has 1 aromatic rings. The fourth-order valence-corrected chi connectivity index (χ4v) is 1.95. The van der Waals surface area contributed by atoms with Gasteiger partial charge in [-0.15, -0.1) is 0 Å². The lowest BCUT2D eigenvalue weighted by Gasteiger charge is -2.27. The summed E-state index contributed by atoms with van der Waals surface area (Å²) in [7, 11) is 1.81. The molecule has 0 radical (unpaired) electrons. The van der Waals surface area contributed by atoms with Gasteiger partial charge in [-0.05, 0) is 39.0 Å². The Morgan fingerprint density at radius 2 is 2.05 bits per heavy atom. The summed E-state index contributed by atoms with van der Waals surface area (Å²) in [6, 6.07) is 0.768. The van der Waals surface area contributed by atoms with Crippen LogP contribution in [0.3, 0.4) is 0 Å². The molecule has 1 fully saturated rings. The molecule has 1 aliphatic rings. The molecule has 0 spiro atoms. The molecule has 6 heteroatoms. The fourth-order valence-electron chi connectivity index (χ4n) is 1.95. The van der Waals surface area contributed by atoms with Crippen molar-refractivity contribution < 1.29 is 4.74 Å². The first-order chi connectivity index (χ1) is 9.63. The van der Waals surface area contributed by atoms with E-state index in [2.05, 4.69) is 45.9 Å². The van der Waals surface area contributed by atoms with Crippen LogP contribution in [0, 0.1) is 5.92 Å². The first-order valence-corrected chi connectivity index (χ1v) is 7.47. The molecule has 1 aliphatic carbocycles. The number of hydrogen-bond acceptors (Lipinski definition) is 6. The van der Waals surface area contributed by atoms with Gasteiger partial charge in [-0.3, -0.25) is 0 Å². The van der Waals surface area contributed by atoms with Crippen molar-refractivity contribution in [3.8, 4) is 6.01 Å². The van der Waals surface area contributed by atoms with Crippen LogP contribution in [0.5, 0.6) is 6.01 Å². The van der Waals surface area contributed by atoms with Gasteiger partial charge in [-0.2, -0.15) is 15.0 Å². The van der Waals surface area contributed by atoms with E-state index in [1.54, 1.807) is 0 Å². The highest BCUT2D eigenvalue weighted by Crippen LogP contribution is 2.31. The summed E-state index contributed by atoms with van der Waals surface area (Å²) in [6.07, 6.45) is 3.56. The zero-order chi connectivity index (χ0) is 14.5. The van der Waals surface area contributed by atoms with Crippen LogP contribution >= 0.6 is 0 Å². The standard InChI is InChI=1S/C14H25N5O/c1-5-8-20-14-17-12(15-4)16-13(18-14)19(10(2)3)9-11-6-7-11/h10-11H,5-9H2,1-4H3,(H,15,16,17,18). The highest BCUT2D eigenvalue weighted by molar-refractivity contribution is 5.39. The number of anilines is 2. The lowest BCUT2D eigenvalue weighted by atomic mass is 10.3. The van der Waals surface area contributed by atoms with Gasteiger partial charge in [0.15, 0.2) is 0 Å². The summed E-state index contributed by atoms with van der Waals surface area (Å²) in [5.41, 5.74) is 0. The zero-order valence-corrected chi connectivity index (χ0v) is 12.9. The van der Waals surface area contributed by atoms with Gasteiger partial charge >= 0.3 is 6.01 Å². The Morgan fingerprint density at radius 1 is 1.30 bits per heavy atom. The van der Waals surface area contributed by atoms with E-state index in [1.807, 2.05) is 7.05 Å². The minimum atomic E-state index is 0.363. The molecule has 0 aromatic carbocycles. The van der Waals surface area contributed by atoms with Crippen molar-refractivity contribution in [1.82, 2.24) is 15.0 Å². The summed E-state index contributed by atoms with van der Waals surface area (Å²) in [6.45, 7) is 8.03. The van der Waals surface area contributed by atoms with Crippen LogP contribution in [-0.4, -0.2) is 41.2 Å². The van der Waals surface area contributed by atoms with E-state index in [0.29, 0.717) is 30.6 Å². The number of ether oxygens (including phenoxy) is 1. The maximum Gasteiger partial charge on any atom is 0.323 e. The number of aromatic nitrogens is 3. The van der Waals surface area contributed by atoms with Gasteiger partial charge in [0.25, 0.3) is 0 Å². The van der Waals surface area contributed by atoms with E-state index < -0.39 is 0 Å². The molecule has 1 N–H and O–H groups in total. The number of nitrogens with one attached hydrogen (secondary N) is 1. The Balaban J connectivity index is 2.21. The maximum atomic E-state index is 5.56. The van der Waals surface area contributed by atoms with Crippen LogP contribution < -0.4 is 15.0 Å². The van der Waals surface area contributed by atoms with Gasteiger partial charge in [0, 0.05) is 19.6 Å². The van der Waals surface area contributed by atoms with Gasteiger partial charge < -0.3 is 15.0 Å². The molecule has 1 aromatic heterocycles. The van der Waals surface area contributed by atoms with Gasteiger partial charge in [-0.1, -0.05) is 6.92 Å². The molecule has 6 nitrogen and oxygen atoms in total. The second-order valence-electron chi connectivity index (χ2n) is 5.53. The van der Waals surface area contributed by atoms with Crippen molar-refractivity contribution in [3.05, 3.63) is 0 Å². The van der Waals surface area contributed by atoms with Crippen molar-refractivity contribution in [2.75, 3.05) is 30.4 Å². The molecule has 0 bridgehead atoms. The first-order valence-electron chi connectivity index (χ1n) is 7.47. The van der Waals surface area contributed by atoms with Crippen molar-refractivity contribution in [3.63, 3.8) is 0 Å². The van der Waals surface area contributed by atoms with Crippen LogP contribution in [0.25, 0.3) is 0 Å². The molecular formula is C14H25N5O. The molecule has 1 saturated carbocycles. The minimum absolute atomic E-state index is 0.363. The van der Waals surface area contributed by atoms with Crippen LogP contribution in [-0.2, 0) is 0 Å². The smallest absolute Gasteiger partial charge is 0.323 e. The summed E-state index contributed by atoms with van der Waals surface area (Å²) < 4.78 is 5.56. The van der Waals surface area contributed by atoms with Gasteiger partial charge in [0.1, 0.15) is 0 Å².